The fourth-order valence-electron chi connectivity index (χ4n) is 4.51. The maximum absolute atomic E-state index is 13.2. The minimum atomic E-state index is -4.44. The Balaban J connectivity index is 1.57. The molecule has 0 saturated heterocycles. The molecule has 1 aromatic carbocycles. The molecular formula is C22H24F3N3O2. The largest absolute Gasteiger partial charge is 0.416 e. The number of benzene rings is 1. The molecular weight excluding hydrogens is 395 g/mol. The summed E-state index contributed by atoms with van der Waals surface area (Å²) < 4.78 is 38.6. The Bertz CT molecular complexity index is 876. The summed E-state index contributed by atoms with van der Waals surface area (Å²) in [5, 5.41) is 2.96. The Morgan fingerprint density at radius 2 is 1.73 bits per heavy atom. The van der Waals surface area contributed by atoms with E-state index in [1.165, 1.54) is 17.0 Å². The Morgan fingerprint density at radius 1 is 1.10 bits per heavy atom. The fourth-order valence-corrected chi connectivity index (χ4v) is 4.51. The lowest BCUT2D eigenvalue weighted by Gasteiger charge is -2.39. The molecule has 160 valence electrons. The standard InChI is InChI=1S/C22H24F3N3O2/c23-22(24,25)16-10-8-15(9-11-16)19-20(30)28(21(27-19)12-4-1-5-13-21)14-18(29)26-17-6-2-3-7-17/h2-3,8-11,17H,1,4-7,12-14H2,(H,26,29). The van der Waals surface area contributed by atoms with Crippen LogP contribution in [0.3, 0.4) is 0 Å². The van der Waals surface area contributed by atoms with Gasteiger partial charge >= 0.3 is 6.18 Å². The van der Waals surface area contributed by atoms with Crippen LogP contribution in [0.5, 0.6) is 0 Å². The van der Waals surface area contributed by atoms with Crippen LogP contribution in [0.4, 0.5) is 13.2 Å². The number of hydrogen-bond donors (Lipinski definition) is 1. The molecule has 4 rings (SSSR count). The van der Waals surface area contributed by atoms with E-state index < -0.39 is 23.3 Å². The van der Waals surface area contributed by atoms with Gasteiger partial charge in [0.15, 0.2) is 0 Å². The molecule has 1 aliphatic heterocycles. The van der Waals surface area contributed by atoms with Gasteiger partial charge in [0.1, 0.15) is 17.9 Å². The van der Waals surface area contributed by atoms with E-state index in [1.807, 2.05) is 12.2 Å². The maximum atomic E-state index is 13.2. The zero-order valence-electron chi connectivity index (χ0n) is 16.5. The summed E-state index contributed by atoms with van der Waals surface area (Å²) in [5.74, 6) is -0.623. The molecule has 0 aromatic heterocycles. The van der Waals surface area contributed by atoms with Crippen molar-refractivity contribution in [3.8, 4) is 0 Å². The van der Waals surface area contributed by atoms with Gasteiger partial charge in [0, 0.05) is 11.6 Å². The van der Waals surface area contributed by atoms with Crippen LogP contribution in [0.15, 0.2) is 41.4 Å². The van der Waals surface area contributed by atoms with Gasteiger partial charge in [-0.25, -0.2) is 0 Å². The second kappa shape index (κ2) is 7.89. The minimum absolute atomic E-state index is 0.0489. The number of carbonyl (C=O) groups is 2. The summed E-state index contributed by atoms with van der Waals surface area (Å²) >= 11 is 0. The van der Waals surface area contributed by atoms with Crippen molar-refractivity contribution in [3.05, 3.63) is 47.5 Å². The third-order valence-electron chi connectivity index (χ3n) is 6.08. The summed E-state index contributed by atoms with van der Waals surface area (Å²) in [5.41, 5.74) is -1.06. The van der Waals surface area contributed by atoms with E-state index in [9.17, 15) is 22.8 Å². The van der Waals surface area contributed by atoms with Crippen molar-refractivity contribution in [2.24, 2.45) is 4.99 Å². The summed E-state index contributed by atoms with van der Waals surface area (Å²) in [6.45, 7) is -0.0943. The van der Waals surface area contributed by atoms with Gasteiger partial charge in [-0.05, 0) is 50.7 Å². The molecule has 5 nitrogen and oxygen atoms in total. The average Bonchev–Trinajstić information content (AvgIpc) is 3.31. The quantitative estimate of drug-likeness (QED) is 0.754. The van der Waals surface area contributed by atoms with Crippen molar-refractivity contribution in [1.82, 2.24) is 10.2 Å². The molecule has 0 atom stereocenters. The molecule has 1 saturated carbocycles. The van der Waals surface area contributed by atoms with Crippen LogP contribution in [0, 0.1) is 0 Å². The maximum Gasteiger partial charge on any atom is 0.416 e. The summed E-state index contributed by atoms with van der Waals surface area (Å²) in [7, 11) is 0. The molecule has 0 unspecified atom stereocenters. The van der Waals surface area contributed by atoms with Gasteiger partial charge in [-0.15, -0.1) is 0 Å². The predicted molar refractivity (Wildman–Crippen MR) is 106 cm³/mol. The lowest BCUT2D eigenvalue weighted by atomic mass is 9.88. The summed E-state index contributed by atoms with van der Waals surface area (Å²) in [6, 6.07) is 4.53. The molecule has 8 heteroatoms. The highest BCUT2D eigenvalue weighted by Gasteiger charge is 2.48. The van der Waals surface area contributed by atoms with Crippen LogP contribution < -0.4 is 5.32 Å². The topological polar surface area (TPSA) is 61.8 Å². The molecule has 0 bridgehead atoms. The number of hydrogen-bond acceptors (Lipinski definition) is 3. The van der Waals surface area contributed by atoms with Crippen molar-refractivity contribution >= 4 is 17.5 Å². The first-order valence-electron chi connectivity index (χ1n) is 10.3. The summed E-state index contributed by atoms with van der Waals surface area (Å²) in [4.78, 5) is 32.1. The first-order chi connectivity index (χ1) is 14.3. The first-order valence-corrected chi connectivity index (χ1v) is 10.3. The molecule has 2 amide bonds. The zero-order valence-corrected chi connectivity index (χ0v) is 16.5. The molecule has 1 N–H and O–H groups in total. The molecule has 3 aliphatic rings. The van der Waals surface area contributed by atoms with Crippen molar-refractivity contribution in [3.63, 3.8) is 0 Å². The van der Waals surface area contributed by atoms with E-state index in [1.54, 1.807) is 0 Å². The predicted octanol–water partition coefficient (Wildman–Crippen LogP) is 3.83. The number of alkyl halides is 3. The highest BCUT2D eigenvalue weighted by atomic mass is 19.4. The smallest absolute Gasteiger partial charge is 0.351 e. The number of nitrogens with zero attached hydrogens (tertiary/aromatic N) is 2. The number of halogens is 3. The van der Waals surface area contributed by atoms with Gasteiger partial charge < -0.3 is 10.2 Å². The van der Waals surface area contributed by atoms with Crippen molar-refractivity contribution in [2.45, 2.75) is 62.8 Å². The lowest BCUT2D eigenvalue weighted by Crippen LogP contribution is -2.52. The Kier molecular flexibility index (Phi) is 5.42. The third kappa shape index (κ3) is 4.00. The van der Waals surface area contributed by atoms with Gasteiger partial charge in [0.05, 0.1) is 5.56 Å². The van der Waals surface area contributed by atoms with E-state index in [2.05, 4.69) is 5.32 Å². The SMILES string of the molecule is O=C(CN1C(=O)C(c2ccc(C(F)(F)F)cc2)=NC12CCCCC2)NC1CC=CC1. The van der Waals surface area contributed by atoms with Gasteiger partial charge in [-0.3, -0.25) is 14.6 Å². The van der Waals surface area contributed by atoms with Crippen LogP contribution in [-0.4, -0.2) is 40.7 Å². The minimum Gasteiger partial charge on any atom is -0.351 e. The van der Waals surface area contributed by atoms with Crippen molar-refractivity contribution in [2.75, 3.05) is 6.54 Å². The number of nitrogens with one attached hydrogen (secondary N) is 1. The molecule has 0 radical (unpaired) electrons. The molecule has 2 aliphatic carbocycles. The van der Waals surface area contributed by atoms with Crippen LogP contribution in [0.25, 0.3) is 0 Å². The molecule has 1 heterocycles. The van der Waals surface area contributed by atoms with E-state index in [0.717, 1.165) is 44.2 Å². The van der Waals surface area contributed by atoms with Gasteiger partial charge in [-0.2, -0.15) is 13.2 Å². The Labute approximate surface area is 173 Å². The molecule has 1 aromatic rings. The summed E-state index contributed by atoms with van der Waals surface area (Å²) in [6.07, 6.45) is 5.27. The second-order valence-corrected chi connectivity index (χ2v) is 8.18. The Morgan fingerprint density at radius 3 is 2.33 bits per heavy atom. The van der Waals surface area contributed by atoms with Crippen LogP contribution in [0.1, 0.15) is 56.1 Å². The van der Waals surface area contributed by atoms with E-state index in [4.69, 9.17) is 4.99 Å². The molecule has 1 fully saturated rings. The highest BCUT2D eigenvalue weighted by molar-refractivity contribution is 6.47. The van der Waals surface area contributed by atoms with Gasteiger partial charge in [0.25, 0.3) is 5.91 Å². The molecule has 1 spiro atoms. The van der Waals surface area contributed by atoms with Crippen molar-refractivity contribution < 1.29 is 22.8 Å². The van der Waals surface area contributed by atoms with Crippen LogP contribution in [0.2, 0.25) is 0 Å². The van der Waals surface area contributed by atoms with E-state index in [0.29, 0.717) is 18.4 Å². The lowest BCUT2D eigenvalue weighted by molar-refractivity contribution is -0.137. The fraction of sp³-hybridized carbons (Fsp3) is 0.500. The van der Waals surface area contributed by atoms with E-state index in [-0.39, 0.29) is 24.2 Å². The van der Waals surface area contributed by atoms with Gasteiger partial charge in [-0.1, -0.05) is 30.7 Å². The van der Waals surface area contributed by atoms with Crippen molar-refractivity contribution in [1.29, 1.82) is 0 Å². The van der Waals surface area contributed by atoms with Gasteiger partial charge in [0.2, 0.25) is 5.91 Å². The second-order valence-electron chi connectivity index (χ2n) is 8.18. The first kappa shape index (κ1) is 20.6. The third-order valence-corrected chi connectivity index (χ3v) is 6.08. The van der Waals surface area contributed by atoms with Crippen LogP contribution >= 0.6 is 0 Å². The number of carbonyl (C=O) groups excluding carboxylic acids is 2. The average molecular weight is 419 g/mol. The number of amides is 2. The van der Waals surface area contributed by atoms with Crippen LogP contribution in [-0.2, 0) is 15.8 Å². The Hall–Kier alpha value is -2.64. The normalized spacial score (nSPS) is 21.4. The zero-order chi connectivity index (χ0) is 21.4. The monoisotopic (exact) mass is 419 g/mol. The number of rotatable bonds is 4. The molecule has 30 heavy (non-hydrogen) atoms. The highest BCUT2D eigenvalue weighted by Crippen LogP contribution is 2.40. The number of aliphatic imine (C=N–C) groups is 1. The van der Waals surface area contributed by atoms with E-state index >= 15 is 0 Å².